The van der Waals surface area contributed by atoms with Gasteiger partial charge in [0.1, 0.15) is 0 Å². The molecule has 0 rings (SSSR count). The molecule has 0 radical (unpaired) electrons. The molecule has 102 valence electrons. The zero-order chi connectivity index (χ0) is 13.3. The van der Waals surface area contributed by atoms with Gasteiger partial charge in [0.2, 0.25) is 8.53 Å². The maximum absolute atomic E-state index is 11.7. The van der Waals surface area contributed by atoms with E-state index in [1.165, 1.54) is 0 Å². The number of rotatable bonds is 8. The average molecular weight is 276 g/mol. The molecule has 9 heteroatoms. The predicted molar refractivity (Wildman–Crippen MR) is 56.8 cm³/mol. The number of carbonyl (C=O) groups excluding carboxylic acids is 1. The van der Waals surface area contributed by atoms with Gasteiger partial charge < -0.3 is 14.7 Å². The van der Waals surface area contributed by atoms with Crippen LogP contribution in [-0.4, -0.2) is 30.1 Å². The van der Waals surface area contributed by atoms with Gasteiger partial charge in [-0.25, -0.2) is 0 Å². The first kappa shape index (κ1) is 16.6. The highest BCUT2D eigenvalue weighted by molar-refractivity contribution is 7.43. The Balaban J connectivity index is 3.27. The lowest BCUT2D eigenvalue weighted by atomic mass is 10.2. The lowest BCUT2D eigenvalue weighted by Gasteiger charge is -2.07. The van der Waals surface area contributed by atoms with Crippen LogP contribution in [0.15, 0.2) is 0 Å². The van der Waals surface area contributed by atoms with Gasteiger partial charge in [0.25, 0.3) is 0 Å². The molecular weight excluding hydrogens is 260 g/mol. The van der Waals surface area contributed by atoms with Gasteiger partial charge in [0, 0.05) is 6.54 Å². The van der Waals surface area contributed by atoms with Crippen LogP contribution in [0.25, 0.3) is 0 Å². The smallest absolute Gasteiger partial charge is 0.348 e. The summed E-state index contributed by atoms with van der Waals surface area (Å²) in [7, 11) is -1.83. The fraction of sp³-hybridized carbons (Fsp3) is 0.875. The highest BCUT2D eigenvalue weighted by Gasteiger charge is 2.38. The highest BCUT2D eigenvalue weighted by Crippen LogP contribution is 2.19. The number of amides is 1. The molecule has 1 unspecified atom stereocenters. The van der Waals surface area contributed by atoms with Crippen LogP contribution in [-0.2, 0) is 9.32 Å². The van der Waals surface area contributed by atoms with Crippen LogP contribution in [0, 0.1) is 0 Å². The van der Waals surface area contributed by atoms with Crippen molar-refractivity contribution in [1.29, 1.82) is 0 Å². The molecule has 0 aromatic rings. The molecule has 1 amide bonds. The Kier molecular flexibility index (Phi) is 8.41. The summed E-state index contributed by atoms with van der Waals surface area (Å²) in [5, 5.41) is 1.78. The summed E-state index contributed by atoms with van der Waals surface area (Å²) in [5.74, 6) is -1.91. The van der Waals surface area contributed by atoms with Crippen molar-refractivity contribution in [2.45, 2.75) is 31.9 Å². The summed E-state index contributed by atoms with van der Waals surface area (Å²) in [6.45, 7) is 0.330. The number of hydrogen-bond donors (Lipinski definition) is 3. The molecule has 5 nitrogen and oxygen atoms in total. The van der Waals surface area contributed by atoms with Crippen molar-refractivity contribution in [3.05, 3.63) is 0 Å². The number of hydrogen-bond acceptors (Lipinski definition) is 4. The van der Waals surface area contributed by atoms with E-state index in [0.29, 0.717) is 25.9 Å². The van der Waals surface area contributed by atoms with E-state index in [-0.39, 0.29) is 6.54 Å². The molecule has 4 N–H and O–H groups in total. The second kappa shape index (κ2) is 8.63. The van der Waals surface area contributed by atoms with E-state index in [4.69, 9.17) is 14.9 Å². The van der Waals surface area contributed by atoms with Crippen molar-refractivity contribution in [2.24, 2.45) is 5.50 Å². The Morgan fingerprint density at radius 1 is 1.29 bits per heavy atom. The van der Waals surface area contributed by atoms with Crippen molar-refractivity contribution in [2.75, 3.05) is 13.2 Å². The second-order valence-electron chi connectivity index (χ2n) is 3.30. The fourth-order valence-corrected chi connectivity index (χ4v) is 1.36. The summed E-state index contributed by atoms with van der Waals surface area (Å²) < 4.78 is 39.9. The molecule has 0 saturated carbocycles. The van der Waals surface area contributed by atoms with Gasteiger partial charge in [-0.3, -0.25) is 10.3 Å². The molecular formula is C8H16F3N2O3P. The van der Waals surface area contributed by atoms with E-state index in [0.717, 1.165) is 6.42 Å². The van der Waals surface area contributed by atoms with E-state index >= 15 is 0 Å². The topological polar surface area (TPSA) is 84.6 Å². The van der Waals surface area contributed by atoms with Gasteiger partial charge in [-0.05, 0) is 12.8 Å². The monoisotopic (exact) mass is 276 g/mol. The molecule has 17 heavy (non-hydrogen) atoms. The summed E-state index contributed by atoms with van der Waals surface area (Å²) in [5.41, 5.74) is 4.97. The normalized spacial score (nSPS) is 13.5. The summed E-state index contributed by atoms with van der Waals surface area (Å²) in [4.78, 5) is 19.0. The van der Waals surface area contributed by atoms with Crippen molar-refractivity contribution < 1.29 is 27.4 Å². The standard InChI is InChI=1S/C8H16F3N2O3P/c9-8(10,11)7(14)13-5-3-1-2-4-6-16-17(12)15/h15H,1-6,12H2,(H,13,14). The SMILES string of the molecule is NP(O)OCCCCCCNC(=O)C(F)(F)F. The maximum atomic E-state index is 11.7. The van der Waals surface area contributed by atoms with Crippen LogP contribution in [0.5, 0.6) is 0 Å². The molecule has 0 aromatic heterocycles. The molecule has 0 bridgehead atoms. The molecule has 0 spiro atoms. The van der Waals surface area contributed by atoms with E-state index in [1.54, 1.807) is 5.32 Å². The summed E-state index contributed by atoms with van der Waals surface area (Å²) in [6.07, 6.45) is -2.25. The minimum atomic E-state index is -4.81. The Morgan fingerprint density at radius 3 is 2.41 bits per heavy atom. The average Bonchev–Trinajstić information content (AvgIpc) is 2.19. The summed E-state index contributed by atoms with van der Waals surface area (Å²) >= 11 is 0. The predicted octanol–water partition coefficient (Wildman–Crippen LogP) is 1.42. The van der Waals surface area contributed by atoms with Gasteiger partial charge in [-0.15, -0.1) is 0 Å². The van der Waals surface area contributed by atoms with Gasteiger partial charge in [-0.1, -0.05) is 12.8 Å². The molecule has 0 heterocycles. The largest absolute Gasteiger partial charge is 0.471 e. The number of nitrogens with one attached hydrogen (secondary N) is 1. The first-order valence-electron chi connectivity index (χ1n) is 5.05. The Bertz CT molecular complexity index is 227. The van der Waals surface area contributed by atoms with Crippen LogP contribution in [0.1, 0.15) is 25.7 Å². The van der Waals surface area contributed by atoms with E-state index in [9.17, 15) is 18.0 Å². The Hall–Kier alpha value is -0.430. The van der Waals surface area contributed by atoms with Crippen molar-refractivity contribution in [1.82, 2.24) is 5.32 Å². The number of nitrogens with two attached hydrogens (primary N) is 1. The third-order valence-electron chi connectivity index (χ3n) is 1.84. The quantitative estimate of drug-likeness (QED) is 0.462. The fourth-order valence-electron chi connectivity index (χ4n) is 1.04. The van der Waals surface area contributed by atoms with Crippen molar-refractivity contribution in [3.8, 4) is 0 Å². The van der Waals surface area contributed by atoms with Crippen LogP contribution in [0.4, 0.5) is 13.2 Å². The highest BCUT2D eigenvalue weighted by atomic mass is 31.2. The van der Waals surface area contributed by atoms with Gasteiger partial charge in [-0.2, -0.15) is 13.2 Å². The van der Waals surface area contributed by atoms with E-state index in [1.807, 2.05) is 0 Å². The second-order valence-corrected chi connectivity index (χ2v) is 4.17. The maximum Gasteiger partial charge on any atom is 0.471 e. The van der Waals surface area contributed by atoms with Crippen LogP contribution in [0.3, 0.4) is 0 Å². The van der Waals surface area contributed by atoms with Crippen molar-refractivity contribution >= 4 is 14.4 Å². The summed E-state index contributed by atoms with van der Waals surface area (Å²) in [6, 6.07) is 0. The first-order valence-corrected chi connectivity index (χ1v) is 6.34. The number of unbranched alkanes of at least 4 members (excludes halogenated alkanes) is 3. The molecule has 0 fully saturated rings. The van der Waals surface area contributed by atoms with Crippen LogP contribution < -0.4 is 10.8 Å². The third kappa shape index (κ3) is 10.4. The number of halogens is 3. The molecule has 0 saturated heterocycles. The van der Waals surface area contributed by atoms with Gasteiger partial charge >= 0.3 is 12.1 Å². The third-order valence-corrected chi connectivity index (χ3v) is 2.28. The Labute approximate surface area is 98.5 Å². The minimum Gasteiger partial charge on any atom is -0.348 e. The first-order chi connectivity index (χ1) is 7.84. The molecule has 0 aliphatic heterocycles. The minimum absolute atomic E-state index is 0.00278. The van der Waals surface area contributed by atoms with Crippen molar-refractivity contribution in [3.63, 3.8) is 0 Å². The molecule has 0 aliphatic rings. The zero-order valence-corrected chi connectivity index (χ0v) is 10.1. The van der Waals surface area contributed by atoms with Gasteiger partial charge in [0.15, 0.2) is 0 Å². The Morgan fingerprint density at radius 2 is 1.88 bits per heavy atom. The molecule has 0 aromatic carbocycles. The molecule has 0 aliphatic carbocycles. The number of alkyl halides is 3. The lowest BCUT2D eigenvalue weighted by molar-refractivity contribution is -0.173. The lowest BCUT2D eigenvalue weighted by Crippen LogP contribution is -2.37. The zero-order valence-electron chi connectivity index (χ0n) is 9.16. The van der Waals surface area contributed by atoms with Gasteiger partial charge in [0.05, 0.1) is 6.61 Å². The molecule has 1 atom stereocenters. The van der Waals surface area contributed by atoms with E-state index in [2.05, 4.69) is 0 Å². The van der Waals surface area contributed by atoms with Crippen LogP contribution in [0.2, 0.25) is 0 Å². The van der Waals surface area contributed by atoms with E-state index < -0.39 is 20.6 Å². The number of carbonyl (C=O) groups is 1. The van der Waals surface area contributed by atoms with Crippen LogP contribution >= 0.6 is 8.53 Å².